The van der Waals surface area contributed by atoms with E-state index in [4.69, 9.17) is 17.0 Å². The third kappa shape index (κ3) is 4.39. The Kier molecular flexibility index (Phi) is 6.08. The summed E-state index contributed by atoms with van der Waals surface area (Å²) < 4.78 is 5.32. The Bertz CT molecular complexity index is 518. The van der Waals surface area contributed by atoms with Gasteiger partial charge in [-0.3, -0.25) is 15.1 Å². The van der Waals surface area contributed by atoms with Gasteiger partial charge in [-0.05, 0) is 38.0 Å². The second-order valence-corrected chi connectivity index (χ2v) is 7.30. The summed E-state index contributed by atoms with van der Waals surface area (Å²) in [5.41, 5.74) is 2.02. The van der Waals surface area contributed by atoms with Crippen molar-refractivity contribution in [2.75, 3.05) is 39.4 Å². The molecule has 2 aliphatic heterocycles. The zero-order valence-electron chi connectivity index (χ0n) is 14.5. The summed E-state index contributed by atoms with van der Waals surface area (Å²) in [6.07, 6.45) is 5.38. The quantitative estimate of drug-likeness (QED) is 0.366. The Balaban J connectivity index is 1.40. The summed E-state index contributed by atoms with van der Waals surface area (Å²) in [4.78, 5) is 27.1. The van der Waals surface area contributed by atoms with E-state index >= 15 is 0 Å². The number of hydrazine groups is 1. The molecule has 1 aliphatic carbocycles. The molecule has 0 atom stereocenters. The Hall–Kier alpha value is -1.45. The Morgan fingerprint density at radius 1 is 1.20 bits per heavy atom. The molecule has 9 heteroatoms. The number of hydrogen-bond acceptors (Lipinski definition) is 5. The molecule has 3 rings (SSSR count). The molecular formula is C16H27N5O3S. The number of rotatable bonds is 5. The van der Waals surface area contributed by atoms with Crippen LogP contribution in [0.4, 0.5) is 4.79 Å². The molecule has 0 aromatic heterocycles. The van der Waals surface area contributed by atoms with E-state index in [-0.39, 0.29) is 5.91 Å². The van der Waals surface area contributed by atoms with Gasteiger partial charge in [0, 0.05) is 19.6 Å². The summed E-state index contributed by atoms with van der Waals surface area (Å²) >= 11 is 5.23. The smallest absolute Gasteiger partial charge is 0.344 e. The summed E-state index contributed by atoms with van der Waals surface area (Å²) in [5, 5.41) is 7.26. The monoisotopic (exact) mass is 369 g/mol. The molecule has 0 bridgehead atoms. The predicted octanol–water partition coefficient (Wildman–Crippen LogP) is 0.343. The topological polar surface area (TPSA) is 85.9 Å². The van der Waals surface area contributed by atoms with Gasteiger partial charge in [0.05, 0.1) is 13.2 Å². The van der Waals surface area contributed by atoms with Gasteiger partial charge in [0.25, 0.3) is 5.91 Å². The first kappa shape index (κ1) is 18.3. The van der Waals surface area contributed by atoms with E-state index in [1.165, 1.54) is 0 Å². The van der Waals surface area contributed by atoms with Crippen molar-refractivity contribution in [1.29, 1.82) is 0 Å². The molecule has 2 heterocycles. The van der Waals surface area contributed by atoms with Crippen molar-refractivity contribution in [3.8, 4) is 0 Å². The largest absolute Gasteiger partial charge is 0.379 e. The fourth-order valence-corrected chi connectivity index (χ4v) is 3.88. The molecule has 3 amide bonds. The van der Waals surface area contributed by atoms with Crippen LogP contribution in [-0.2, 0) is 9.53 Å². The number of amides is 3. The molecule has 1 saturated carbocycles. The lowest BCUT2D eigenvalue weighted by atomic mass is 9.82. The fourth-order valence-electron chi connectivity index (χ4n) is 3.69. The number of carbonyl (C=O) groups excluding carboxylic acids is 2. The number of morpholine rings is 1. The standard InChI is InChI=1S/C16H27N5O3S/c22-13-16(5-2-1-3-6-16)18-15(23)21(13)19-14(25)17-7-4-8-20-9-11-24-12-10-20/h1-12H2,(H,18,23)(H2,17,19,25). The Labute approximate surface area is 153 Å². The molecule has 3 aliphatic rings. The highest BCUT2D eigenvalue weighted by atomic mass is 32.1. The van der Waals surface area contributed by atoms with E-state index < -0.39 is 11.6 Å². The minimum Gasteiger partial charge on any atom is -0.379 e. The Morgan fingerprint density at radius 2 is 1.92 bits per heavy atom. The van der Waals surface area contributed by atoms with E-state index in [0.29, 0.717) is 24.5 Å². The van der Waals surface area contributed by atoms with Crippen LogP contribution in [0, 0.1) is 0 Å². The number of thiocarbonyl (C=S) groups is 1. The lowest BCUT2D eigenvalue weighted by molar-refractivity contribution is -0.133. The van der Waals surface area contributed by atoms with Crippen LogP contribution in [0.3, 0.4) is 0 Å². The highest BCUT2D eigenvalue weighted by Crippen LogP contribution is 2.32. The first-order valence-electron chi connectivity index (χ1n) is 9.12. The second kappa shape index (κ2) is 8.29. The summed E-state index contributed by atoms with van der Waals surface area (Å²) in [5.74, 6) is -0.213. The highest BCUT2D eigenvalue weighted by molar-refractivity contribution is 7.80. The van der Waals surface area contributed by atoms with Gasteiger partial charge in [-0.2, -0.15) is 5.01 Å². The number of nitrogens with one attached hydrogen (secondary N) is 3. The average Bonchev–Trinajstić information content (AvgIpc) is 2.84. The van der Waals surface area contributed by atoms with Crippen molar-refractivity contribution < 1.29 is 14.3 Å². The molecule has 3 N–H and O–H groups in total. The van der Waals surface area contributed by atoms with Crippen molar-refractivity contribution >= 4 is 29.3 Å². The van der Waals surface area contributed by atoms with Crippen molar-refractivity contribution in [2.24, 2.45) is 0 Å². The highest BCUT2D eigenvalue weighted by Gasteiger charge is 2.51. The van der Waals surface area contributed by atoms with E-state index in [1.54, 1.807) is 0 Å². The molecule has 3 fully saturated rings. The van der Waals surface area contributed by atoms with Crippen LogP contribution in [0.15, 0.2) is 0 Å². The summed E-state index contributed by atoms with van der Waals surface area (Å²) in [6.45, 7) is 5.19. The maximum Gasteiger partial charge on any atom is 0.344 e. The normalized spacial score (nSPS) is 23.6. The van der Waals surface area contributed by atoms with Crippen LogP contribution in [0.2, 0.25) is 0 Å². The molecule has 25 heavy (non-hydrogen) atoms. The van der Waals surface area contributed by atoms with Gasteiger partial charge in [-0.15, -0.1) is 0 Å². The van der Waals surface area contributed by atoms with Crippen LogP contribution >= 0.6 is 12.2 Å². The molecule has 0 aromatic carbocycles. The maximum atomic E-state index is 12.6. The lowest BCUT2D eigenvalue weighted by Crippen LogP contribution is -2.53. The molecule has 0 aromatic rings. The maximum absolute atomic E-state index is 12.6. The summed E-state index contributed by atoms with van der Waals surface area (Å²) in [7, 11) is 0. The van der Waals surface area contributed by atoms with Crippen molar-refractivity contribution in [1.82, 2.24) is 26.0 Å². The number of nitrogens with zero attached hydrogens (tertiary/aromatic N) is 2. The third-order valence-corrected chi connectivity index (χ3v) is 5.36. The Morgan fingerprint density at radius 3 is 2.64 bits per heavy atom. The van der Waals surface area contributed by atoms with Crippen LogP contribution < -0.4 is 16.1 Å². The van der Waals surface area contributed by atoms with Crippen molar-refractivity contribution in [3.63, 3.8) is 0 Å². The van der Waals surface area contributed by atoms with Crippen LogP contribution in [-0.4, -0.2) is 71.9 Å². The number of ether oxygens (including phenoxy) is 1. The van der Waals surface area contributed by atoms with Gasteiger partial charge >= 0.3 is 6.03 Å². The minimum absolute atomic E-state index is 0.213. The van der Waals surface area contributed by atoms with Crippen LogP contribution in [0.1, 0.15) is 38.5 Å². The molecule has 8 nitrogen and oxygen atoms in total. The molecular weight excluding hydrogens is 342 g/mol. The second-order valence-electron chi connectivity index (χ2n) is 6.89. The SMILES string of the molecule is O=C1NC2(CCCCC2)C(=O)N1NC(=S)NCCCN1CCOCC1. The lowest BCUT2D eigenvalue weighted by Gasteiger charge is -2.30. The number of imide groups is 1. The van der Waals surface area contributed by atoms with Gasteiger partial charge < -0.3 is 15.4 Å². The average molecular weight is 369 g/mol. The number of urea groups is 1. The zero-order chi connectivity index (χ0) is 17.7. The minimum atomic E-state index is -0.728. The van der Waals surface area contributed by atoms with Gasteiger partial charge in [0.1, 0.15) is 5.54 Å². The predicted molar refractivity (Wildman–Crippen MR) is 96.8 cm³/mol. The zero-order valence-corrected chi connectivity index (χ0v) is 15.3. The molecule has 1 spiro atoms. The first-order chi connectivity index (χ1) is 12.1. The molecule has 140 valence electrons. The van der Waals surface area contributed by atoms with E-state index in [9.17, 15) is 9.59 Å². The molecule has 0 unspecified atom stereocenters. The van der Waals surface area contributed by atoms with Gasteiger partial charge in [0.2, 0.25) is 0 Å². The van der Waals surface area contributed by atoms with Crippen LogP contribution in [0.25, 0.3) is 0 Å². The number of hydrogen-bond donors (Lipinski definition) is 3. The fraction of sp³-hybridized carbons (Fsp3) is 0.812. The first-order valence-corrected chi connectivity index (χ1v) is 9.53. The third-order valence-electron chi connectivity index (χ3n) is 5.12. The van der Waals surface area contributed by atoms with E-state index in [2.05, 4.69) is 21.0 Å². The van der Waals surface area contributed by atoms with Crippen molar-refractivity contribution in [2.45, 2.75) is 44.1 Å². The summed E-state index contributed by atoms with van der Waals surface area (Å²) in [6, 6.07) is -0.413. The van der Waals surface area contributed by atoms with Gasteiger partial charge in [-0.25, -0.2) is 4.79 Å². The van der Waals surface area contributed by atoms with E-state index in [1.807, 2.05) is 0 Å². The van der Waals surface area contributed by atoms with E-state index in [0.717, 1.165) is 63.5 Å². The van der Waals surface area contributed by atoms with Gasteiger partial charge in [-0.1, -0.05) is 19.3 Å². The van der Waals surface area contributed by atoms with Crippen LogP contribution in [0.5, 0.6) is 0 Å². The molecule has 2 saturated heterocycles. The van der Waals surface area contributed by atoms with Gasteiger partial charge in [0.15, 0.2) is 5.11 Å². The number of carbonyl (C=O) groups is 2. The van der Waals surface area contributed by atoms with Crippen molar-refractivity contribution in [3.05, 3.63) is 0 Å². The molecule has 0 radical (unpaired) electrons.